The van der Waals surface area contributed by atoms with Crippen molar-refractivity contribution in [1.82, 2.24) is 5.32 Å². The van der Waals surface area contributed by atoms with Gasteiger partial charge in [0.05, 0.1) is 0 Å². The summed E-state index contributed by atoms with van der Waals surface area (Å²) in [6.07, 6.45) is 3.69. The van der Waals surface area contributed by atoms with Gasteiger partial charge in [0.15, 0.2) is 0 Å². The van der Waals surface area contributed by atoms with Crippen molar-refractivity contribution < 1.29 is 9.13 Å². The van der Waals surface area contributed by atoms with Gasteiger partial charge in [-0.25, -0.2) is 4.39 Å². The summed E-state index contributed by atoms with van der Waals surface area (Å²) in [5, 5.41) is 3.40. The maximum atomic E-state index is 12.6. The Labute approximate surface area is 89.4 Å². The molecule has 0 amide bonds. The molecule has 0 unspecified atom stereocenters. The third-order valence-electron chi connectivity index (χ3n) is 2.68. The van der Waals surface area contributed by atoms with Crippen LogP contribution in [0.2, 0.25) is 0 Å². The van der Waals surface area contributed by atoms with E-state index in [1.54, 1.807) is 12.1 Å². The molecule has 0 bridgehead atoms. The molecule has 1 aromatic rings. The van der Waals surface area contributed by atoms with Crippen LogP contribution in [0.25, 0.3) is 0 Å². The first-order valence-corrected chi connectivity index (χ1v) is 5.46. The van der Waals surface area contributed by atoms with Crippen molar-refractivity contribution in [2.75, 3.05) is 13.2 Å². The number of ether oxygens (including phenoxy) is 1. The number of benzene rings is 1. The van der Waals surface area contributed by atoms with Gasteiger partial charge >= 0.3 is 0 Å². The second-order valence-electron chi connectivity index (χ2n) is 3.91. The minimum absolute atomic E-state index is 0.224. The van der Waals surface area contributed by atoms with Crippen molar-refractivity contribution in [2.45, 2.75) is 25.3 Å². The van der Waals surface area contributed by atoms with Crippen molar-refractivity contribution in [3.8, 4) is 5.75 Å². The molecule has 1 N–H and O–H groups in total. The number of piperidine rings is 1. The molecule has 0 radical (unpaired) electrons. The lowest BCUT2D eigenvalue weighted by Crippen LogP contribution is -2.38. The van der Waals surface area contributed by atoms with Gasteiger partial charge in [0, 0.05) is 6.04 Å². The van der Waals surface area contributed by atoms with E-state index in [9.17, 15) is 4.39 Å². The van der Waals surface area contributed by atoms with Gasteiger partial charge in [-0.15, -0.1) is 0 Å². The number of halogens is 1. The highest BCUT2D eigenvalue weighted by atomic mass is 19.1. The lowest BCUT2D eigenvalue weighted by molar-refractivity contribution is 0.239. The summed E-state index contributed by atoms with van der Waals surface area (Å²) >= 11 is 0. The zero-order valence-electron chi connectivity index (χ0n) is 8.71. The van der Waals surface area contributed by atoms with Gasteiger partial charge in [0.25, 0.3) is 0 Å². The molecule has 2 nitrogen and oxygen atoms in total. The van der Waals surface area contributed by atoms with Gasteiger partial charge in [-0.2, -0.15) is 0 Å². The molecule has 82 valence electrons. The second-order valence-corrected chi connectivity index (χ2v) is 3.91. The Morgan fingerprint density at radius 3 is 2.73 bits per heavy atom. The van der Waals surface area contributed by atoms with Crippen LogP contribution < -0.4 is 10.1 Å². The van der Waals surface area contributed by atoms with Crippen LogP contribution in [-0.4, -0.2) is 19.2 Å². The molecule has 1 aliphatic rings. The fourth-order valence-electron chi connectivity index (χ4n) is 1.79. The van der Waals surface area contributed by atoms with Crippen LogP contribution in [0.5, 0.6) is 5.75 Å². The quantitative estimate of drug-likeness (QED) is 0.825. The Bertz CT molecular complexity index is 293. The molecule has 1 atom stereocenters. The molecular weight excluding hydrogens is 193 g/mol. The minimum Gasteiger partial charge on any atom is -0.492 e. The van der Waals surface area contributed by atoms with E-state index in [2.05, 4.69) is 5.32 Å². The fourth-order valence-corrected chi connectivity index (χ4v) is 1.79. The molecule has 0 aliphatic carbocycles. The second kappa shape index (κ2) is 5.12. The number of nitrogens with one attached hydrogen (secondary N) is 1. The first kappa shape index (κ1) is 10.4. The Morgan fingerprint density at radius 2 is 2.07 bits per heavy atom. The normalized spacial score (nSPS) is 21.3. The summed E-state index contributed by atoms with van der Waals surface area (Å²) in [6, 6.07) is 6.62. The van der Waals surface area contributed by atoms with E-state index in [-0.39, 0.29) is 5.82 Å². The maximum absolute atomic E-state index is 12.6. The summed E-state index contributed by atoms with van der Waals surface area (Å²) in [6.45, 7) is 1.75. The zero-order chi connectivity index (χ0) is 10.5. The van der Waals surface area contributed by atoms with E-state index in [1.165, 1.54) is 31.4 Å². The van der Waals surface area contributed by atoms with Crippen molar-refractivity contribution in [2.24, 2.45) is 0 Å². The summed E-state index contributed by atoms with van der Waals surface area (Å²) < 4.78 is 18.2. The molecule has 0 spiro atoms. The fraction of sp³-hybridized carbons (Fsp3) is 0.500. The van der Waals surface area contributed by atoms with E-state index in [0.29, 0.717) is 12.6 Å². The van der Waals surface area contributed by atoms with E-state index in [4.69, 9.17) is 4.74 Å². The van der Waals surface area contributed by atoms with E-state index < -0.39 is 0 Å². The molecule has 0 saturated carbocycles. The van der Waals surface area contributed by atoms with Gasteiger partial charge in [-0.3, -0.25) is 0 Å². The molecule has 1 aliphatic heterocycles. The van der Waals surface area contributed by atoms with Crippen LogP contribution in [0.15, 0.2) is 24.3 Å². The number of hydrogen-bond donors (Lipinski definition) is 1. The molecule has 15 heavy (non-hydrogen) atoms. The lowest BCUT2D eigenvalue weighted by Gasteiger charge is -2.23. The van der Waals surface area contributed by atoms with Crippen LogP contribution in [0.4, 0.5) is 4.39 Å². The monoisotopic (exact) mass is 209 g/mol. The molecule has 2 rings (SSSR count). The van der Waals surface area contributed by atoms with Gasteiger partial charge in [0.1, 0.15) is 18.2 Å². The molecular formula is C12H16FNO. The minimum atomic E-state index is -0.224. The van der Waals surface area contributed by atoms with Crippen molar-refractivity contribution in [3.05, 3.63) is 30.1 Å². The molecule has 1 saturated heterocycles. The third-order valence-corrected chi connectivity index (χ3v) is 2.68. The van der Waals surface area contributed by atoms with Crippen molar-refractivity contribution in [1.29, 1.82) is 0 Å². The van der Waals surface area contributed by atoms with E-state index in [0.717, 1.165) is 12.3 Å². The predicted molar refractivity (Wildman–Crippen MR) is 57.5 cm³/mol. The predicted octanol–water partition coefficient (Wildman–Crippen LogP) is 2.35. The third kappa shape index (κ3) is 3.20. The zero-order valence-corrected chi connectivity index (χ0v) is 8.71. The highest BCUT2D eigenvalue weighted by Crippen LogP contribution is 2.13. The molecule has 1 fully saturated rings. The van der Waals surface area contributed by atoms with Gasteiger partial charge in [0.2, 0.25) is 0 Å². The SMILES string of the molecule is Fc1ccc(OC[C@@H]2CCCCN2)cc1. The van der Waals surface area contributed by atoms with E-state index >= 15 is 0 Å². The molecule has 3 heteroatoms. The lowest BCUT2D eigenvalue weighted by atomic mass is 10.1. The summed E-state index contributed by atoms with van der Waals surface area (Å²) in [7, 11) is 0. The summed E-state index contributed by atoms with van der Waals surface area (Å²) in [5.41, 5.74) is 0. The Kier molecular flexibility index (Phi) is 3.56. The Balaban J connectivity index is 1.79. The highest BCUT2D eigenvalue weighted by Gasteiger charge is 2.12. The van der Waals surface area contributed by atoms with Crippen molar-refractivity contribution in [3.63, 3.8) is 0 Å². The van der Waals surface area contributed by atoms with Gasteiger partial charge in [-0.1, -0.05) is 6.42 Å². The topological polar surface area (TPSA) is 21.3 Å². The molecule has 1 aromatic carbocycles. The van der Waals surface area contributed by atoms with Crippen LogP contribution >= 0.6 is 0 Å². The number of rotatable bonds is 3. The van der Waals surface area contributed by atoms with Gasteiger partial charge < -0.3 is 10.1 Å². The molecule has 1 heterocycles. The van der Waals surface area contributed by atoms with Crippen LogP contribution in [0, 0.1) is 5.82 Å². The highest BCUT2D eigenvalue weighted by molar-refractivity contribution is 5.22. The average molecular weight is 209 g/mol. The standard InChI is InChI=1S/C12H16FNO/c13-10-4-6-12(7-5-10)15-9-11-3-1-2-8-14-11/h4-7,11,14H,1-3,8-9H2/t11-/m0/s1. The van der Waals surface area contributed by atoms with E-state index in [1.807, 2.05) is 0 Å². The summed E-state index contributed by atoms with van der Waals surface area (Å²) in [5.74, 6) is 0.516. The number of hydrogen-bond acceptors (Lipinski definition) is 2. The summed E-state index contributed by atoms with van der Waals surface area (Å²) in [4.78, 5) is 0. The van der Waals surface area contributed by atoms with Crippen LogP contribution in [0.1, 0.15) is 19.3 Å². The maximum Gasteiger partial charge on any atom is 0.123 e. The van der Waals surface area contributed by atoms with Crippen molar-refractivity contribution >= 4 is 0 Å². The smallest absolute Gasteiger partial charge is 0.123 e. The average Bonchev–Trinajstić information content (AvgIpc) is 2.30. The molecule has 0 aromatic heterocycles. The van der Waals surface area contributed by atoms with Gasteiger partial charge in [-0.05, 0) is 43.7 Å². The van der Waals surface area contributed by atoms with Crippen LogP contribution in [-0.2, 0) is 0 Å². The Hall–Kier alpha value is -1.09. The first-order chi connectivity index (χ1) is 7.34. The first-order valence-electron chi connectivity index (χ1n) is 5.46. The largest absolute Gasteiger partial charge is 0.492 e. The van der Waals surface area contributed by atoms with Crippen LogP contribution in [0.3, 0.4) is 0 Å². The Morgan fingerprint density at radius 1 is 1.27 bits per heavy atom.